The largest absolute Gasteiger partial charge is 0.454 e. The molecule has 7 aromatic rings. The van der Waals surface area contributed by atoms with Gasteiger partial charge in [0.25, 0.3) is 0 Å². The molecule has 0 amide bonds. The highest BCUT2D eigenvalue weighted by Gasteiger charge is 2.26. The lowest BCUT2D eigenvalue weighted by Gasteiger charge is -2.33. The fraction of sp³-hybridized carbons (Fsp3) is 0.0870. The van der Waals surface area contributed by atoms with Gasteiger partial charge in [-0.25, -0.2) is 0 Å². The first-order chi connectivity index (χ1) is 23.8. The highest BCUT2D eigenvalue weighted by atomic mass is 16.3. The van der Waals surface area contributed by atoms with Gasteiger partial charge < -0.3 is 9.32 Å². The van der Waals surface area contributed by atoms with E-state index in [0.29, 0.717) is 5.92 Å². The third kappa shape index (κ3) is 4.98. The molecule has 2 nitrogen and oxygen atoms in total. The summed E-state index contributed by atoms with van der Waals surface area (Å²) in [5, 5.41) is 4.75. The van der Waals surface area contributed by atoms with Gasteiger partial charge in [0.15, 0.2) is 5.58 Å². The normalized spacial score (nSPS) is 17.1. The summed E-state index contributed by atoms with van der Waals surface area (Å²) in [4.78, 5) is 2.50. The van der Waals surface area contributed by atoms with Crippen molar-refractivity contribution in [1.82, 2.24) is 0 Å². The molecule has 2 heteroatoms. The molecule has 0 spiro atoms. The van der Waals surface area contributed by atoms with E-state index in [-0.39, 0.29) is 6.04 Å². The Hall–Kier alpha value is -5.86. The number of hydrogen-bond donors (Lipinski definition) is 0. The molecule has 0 bridgehead atoms. The third-order valence-corrected chi connectivity index (χ3v) is 9.85. The van der Waals surface area contributed by atoms with Gasteiger partial charge in [0.2, 0.25) is 0 Å². The van der Waals surface area contributed by atoms with E-state index >= 15 is 0 Å². The Morgan fingerprint density at radius 2 is 1.25 bits per heavy atom. The van der Waals surface area contributed by atoms with Crippen molar-refractivity contribution in [2.24, 2.45) is 0 Å². The smallest absolute Gasteiger partial charge is 0.159 e. The Labute approximate surface area is 281 Å². The molecule has 0 fully saturated rings. The van der Waals surface area contributed by atoms with Crippen LogP contribution in [-0.2, 0) is 0 Å². The second-order valence-electron chi connectivity index (χ2n) is 12.8. The van der Waals surface area contributed by atoms with Crippen molar-refractivity contribution in [3.8, 4) is 22.3 Å². The first-order valence-electron chi connectivity index (χ1n) is 16.9. The number of para-hydroxylation sites is 1. The van der Waals surface area contributed by atoms with Crippen molar-refractivity contribution < 1.29 is 4.42 Å². The first kappa shape index (κ1) is 28.4. The average molecular weight is 618 g/mol. The van der Waals surface area contributed by atoms with Crippen LogP contribution < -0.4 is 4.90 Å². The Balaban J connectivity index is 1.30. The monoisotopic (exact) mass is 617 g/mol. The molecule has 0 N–H and O–H groups in total. The lowest BCUT2D eigenvalue weighted by Crippen LogP contribution is -2.30. The summed E-state index contributed by atoms with van der Waals surface area (Å²) >= 11 is 0. The van der Waals surface area contributed by atoms with Crippen LogP contribution in [0, 0.1) is 0 Å². The predicted molar refractivity (Wildman–Crippen MR) is 203 cm³/mol. The fourth-order valence-corrected chi connectivity index (χ4v) is 7.57. The second kappa shape index (κ2) is 12.1. The second-order valence-corrected chi connectivity index (χ2v) is 12.8. The van der Waals surface area contributed by atoms with Crippen molar-refractivity contribution in [1.29, 1.82) is 0 Å². The van der Waals surface area contributed by atoms with Crippen LogP contribution in [0.4, 0.5) is 11.4 Å². The summed E-state index contributed by atoms with van der Waals surface area (Å²) in [7, 11) is 0. The fourth-order valence-electron chi connectivity index (χ4n) is 7.57. The van der Waals surface area contributed by atoms with Gasteiger partial charge >= 0.3 is 0 Å². The lowest BCUT2D eigenvalue weighted by molar-refractivity contribution is 0.664. The zero-order valence-electron chi connectivity index (χ0n) is 26.7. The minimum absolute atomic E-state index is 0.131. The number of anilines is 2. The quantitative estimate of drug-likeness (QED) is 0.185. The van der Waals surface area contributed by atoms with Gasteiger partial charge in [0.05, 0.1) is 11.7 Å². The van der Waals surface area contributed by atoms with Crippen LogP contribution >= 0.6 is 0 Å². The summed E-state index contributed by atoms with van der Waals surface area (Å²) in [6.45, 7) is 0. The van der Waals surface area contributed by atoms with E-state index in [9.17, 15) is 0 Å². The summed E-state index contributed by atoms with van der Waals surface area (Å²) in [6.07, 6.45) is 19.8. The maximum atomic E-state index is 7.00. The number of allylic oxidation sites excluding steroid dienone is 6. The van der Waals surface area contributed by atoms with Gasteiger partial charge in [-0.05, 0) is 75.7 Å². The number of rotatable bonds is 6. The molecule has 9 rings (SSSR count). The van der Waals surface area contributed by atoms with Crippen LogP contribution in [-0.4, -0.2) is 6.04 Å². The number of nitrogens with zero attached hydrogens (tertiary/aromatic N) is 1. The third-order valence-electron chi connectivity index (χ3n) is 9.85. The minimum Gasteiger partial charge on any atom is -0.454 e. The van der Waals surface area contributed by atoms with E-state index in [0.717, 1.165) is 35.1 Å². The van der Waals surface area contributed by atoms with E-state index in [2.05, 4.69) is 181 Å². The molecule has 2 aliphatic rings. The molecule has 2 unspecified atom stereocenters. The van der Waals surface area contributed by atoms with E-state index in [1.807, 2.05) is 0 Å². The van der Waals surface area contributed by atoms with Crippen molar-refractivity contribution >= 4 is 44.1 Å². The minimum atomic E-state index is 0.131. The maximum Gasteiger partial charge on any atom is 0.159 e. The summed E-state index contributed by atoms with van der Waals surface area (Å²) in [5.74, 6) is 0.325. The Morgan fingerprint density at radius 1 is 0.542 bits per heavy atom. The molecule has 2 aliphatic carbocycles. The number of benzene rings is 6. The molecule has 0 aliphatic heterocycles. The lowest BCUT2D eigenvalue weighted by atomic mass is 9.89. The molecule has 2 atom stereocenters. The molecule has 0 saturated heterocycles. The molecule has 1 aromatic heterocycles. The van der Waals surface area contributed by atoms with Crippen LogP contribution in [0.5, 0.6) is 0 Å². The predicted octanol–water partition coefficient (Wildman–Crippen LogP) is 12.7. The zero-order chi connectivity index (χ0) is 31.9. The van der Waals surface area contributed by atoms with Gasteiger partial charge in [-0.3, -0.25) is 0 Å². The average Bonchev–Trinajstić information content (AvgIpc) is 3.56. The molecular formula is C46H35NO. The van der Waals surface area contributed by atoms with Crippen LogP contribution in [0.25, 0.3) is 55.0 Å². The molecule has 6 aromatic carbocycles. The number of hydrogen-bond acceptors (Lipinski definition) is 2. The van der Waals surface area contributed by atoms with E-state index in [4.69, 9.17) is 4.42 Å². The maximum absolute atomic E-state index is 7.00. The topological polar surface area (TPSA) is 16.4 Å². The van der Waals surface area contributed by atoms with Crippen LogP contribution in [0.3, 0.4) is 0 Å². The van der Waals surface area contributed by atoms with Gasteiger partial charge in [0, 0.05) is 22.4 Å². The SMILES string of the molecule is C1=CCC(c2cc(-c3ccccc3)cc(N(c3cccc4c3oc3cc(-c5ccccc5)c5ccccc5c34)C3C=CC=CC3)c2)C=C1. The van der Waals surface area contributed by atoms with Gasteiger partial charge in [-0.2, -0.15) is 0 Å². The number of fused-ring (bicyclic) bond motifs is 5. The molecule has 1 heterocycles. The van der Waals surface area contributed by atoms with Gasteiger partial charge in [-0.15, -0.1) is 0 Å². The Morgan fingerprint density at radius 3 is 2.00 bits per heavy atom. The first-order valence-corrected chi connectivity index (χ1v) is 16.9. The van der Waals surface area contributed by atoms with Gasteiger partial charge in [-0.1, -0.05) is 152 Å². The van der Waals surface area contributed by atoms with E-state index in [1.165, 1.54) is 49.7 Å². The highest BCUT2D eigenvalue weighted by molar-refractivity contribution is 6.23. The van der Waals surface area contributed by atoms with Crippen molar-refractivity contribution in [2.45, 2.75) is 24.8 Å². The Bertz CT molecular complexity index is 2410. The van der Waals surface area contributed by atoms with Crippen molar-refractivity contribution in [3.05, 3.63) is 182 Å². The zero-order valence-corrected chi connectivity index (χ0v) is 26.7. The molecule has 48 heavy (non-hydrogen) atoms. The summed E-state index contributed by atoms with van der Waals surface area (Å²) < 4.78 is 7.00. The van der Waals surface area contributed by atoms with Gasteiger partial charge in [0.1, 0.15) is 5.58 Å². The Kier molecular flexibility index (Phi) is 7.13. The van der Waals surface area contributed by atoms with E-state index in [1.54, 1.807) is 0 Å². The standard InChI is InChI=1S/C46H35NO/c1-5-16-32(17-6-1)35-28-36(33-18-7-2-8-19-33)30-38(29-35)47(37-22-11-4-12-23-37)43-27-15-26-41-45-40-25-14-13-24-39(40)42(31-44(45)48-46(41)43)34-20-9-3-10-21-34/h1-18,20-22,24-31,33,37H,19,23H2. The molecule has 0 saturated carbocycles. The van der Waals surface area contributed by atoms with E-state index < -0.39 is 0 Å². The summed E-state index contributed by atoms with van der Waals surface area (Å²) in [5.41, 5.74) is 10.2. The summed E-state index contributed by atoms with van der Waals surface area (Å²) in [6, 6.07) is 46.3. The molecule has 230 valence electrons. The van der Waals surface area contributed by atoms with Crippen LogP contribution in [0.15, 0.2) is 180 Å². The molecular weight excluding hydrogens is 583 g/mol. The van der Waals surface area contributed by atoms with Crippen LogP contribution in [0.2, 0.25) is 0 Å². The van der Waals surface area contributed by atoms with Crippen molar-refractivity contribution in [3.63, 3.8) is 0 Å². The highest BCUT2D eigenvalue weighted by Crippen LogP contribution is 2.45. The van der Waals surface area contributed by atoms with Crippen molar-refractivity contribution in [2.75, 3.05) is 4.90 Å². The van der Waals surface area contributed by atoms with Crippen LogP contribution in [0.1, 0.15) is 24.3 Å². The number of furan rings is 1. The molecule has 0 radical (unpaired) electrons.